The summed E-state index contributed by atoms with van der Waals surface area (Å²) in [4.78, 5) is 2.40. The first-order chi connectivity index (χ1) is 7.25. The minimum Gasteiger partial charge on any atom is -0.282 e. The average Bonchev–Trinajstić information content (AvgIpc) is 2.84. The number of aromatic nitrogens is 4. The largest absolute Gasteiger partial charge is 0.282 e. The van der Waals surface area contributed by atoms with Crippen LogP contribution in [0.5, 0.6) is 0 Å². The molecule has 0 aromatic carbocycles. The molecule has 3 rings (SSSR count). The molecule has 0 saturated heterocycles. The summed E-state index contributed by atoms with van der Waals surface area (Å²) in [5, 5.41) is 11.2. The Balaban J connectivity index is 2.24. The second-order valence-electron chi connectivity index (χ2n) is 3.58. The molecule has 0 amide bonds. The Kier molecular flexibility index (Phi) is 1.70. The van der Waals surface area contributed by atoms with Crippen LogP contribution in [0.2, 0.25) is 0 Å². The molecule has 0 atom stereocenters. The van der Waals surface area contributed by atoms with Crippen molar-refractivity contribution in [2.45, 2.75) is 13.8 Å². The second kappa shape index (κ2) is 2.93. The number of hydrogen-bond acceptors (Lipinski definition) is 3. The molecule has 0 spiro atoms. The van der Waals surface area contributed by atoms with E-state index in [1.165, 1.54) is 15.3 Å². The van der Waals surface area contributed by atoms with Crippen LogP contribution < -0.4 is 0 Å². The number of rotatable bonds is 1. The van der Waals surface area contributed by atoms with Crippen molar-refractivity contribution < 1.29 is 0 Å². The van der Waals surface area contributed by atoms with Gasteiger partial charge in [-0.1, -0.05) is 0 Å². The number of H-pyrrole nitrogens is 1. The fourth-order valence-electron chi connectivity index (χ4n) is 1.62. The molecule has 0 aliphatic heterocycles. The molecule has 3 aromatic heterocycles. The first-order valence-corrected chi connectivity index (χ1v) is 5.51. The van der Waals surface area contributed by atoms with Gasteiger partial charge in [0.2, 0.25) is 0 Å². The fourth-order valence-corrected chi connectivity index (χ4v) is 2.71. The van der Waals surface area contributed by atoms with E-state index < -0.39 is 0 Å². The molecule has 1 N–H and O–H groups in total. The maximum atomic E-state index is 4.27. The van der Waals surface area contributed by atoms with Crippen molar-refractivity contribution in [3.05, 3.63) is 29.8 Å². The lowest BCUT2D eigenvalue weighted by Crippen LogP contribution is -1.78. The van der Waals surface area contributed by atoms with Gasteiger partial charge in [-0.05, 0) is 13.8 Å². The predicted molar refractivity (Wildman–Crippen MR) is 60.1 cm³/mol. The quantitative estimate of drug-likeness (QED) is 0.681. The van der Waals surface area contributed by atoms with Crippen LogP contribution in [0.3, 0.4) is 0 Å². The highest BCUT2D eigenvalue weighted by Gasteiger charge is 2.10. The lowest BCUT2D eigenvalue weighted by Gasteiger charge is -1.90. The van der Waals surface area contributed by atoms with Crippen LogP contribution in [0.25, 0.3) is 15.3 Å². The van der Waals surface area contributed by atoms with Crippen molar-refractivity contribution in [3.8, 4) is 10.4 Å². The molecule has 3 heterocycles. The highest BCUT2D eigenvalue weighted by atomic mass is 32.1. The number of hydrogen-bond donors (Lipinski definition) is 1. The maximum Gasteiger partial charge on any atom is 0.122 e. The molecule has 0 saturated carbocycles. The van der Waals surface area contributed by atoms with Crippen LogP contribution in [-0.2, 0) is 0 Å². The SMILES string of the molecule is Cc1[nH]ncc1-c1cn2ncc(C)c2s1. The molecule has 0 aliphatic rings. The first-order valence-electron chi connectivity index (χ1n) is 4.70. The molecule has 0 aliphatic carbocycles. The van der Waals surface area contributed by atoms with E-state index in [9.17, 15) is 0 Å². The molecule has 4 nitrogen and oxygen atoms in total. The number of aromatic amines is 1. The van der Waals surface area contributed by atoms with E-state index in [1.807, 2.05) is 30.0 Å². The summed E-state index contributed by atoms with van der Waals surface area (Å²) in [5.74, 6) is 0. The lowest BCUT2D eigenvalue weighted by atomic mass is 10.2. The van der Waals surface area contributed by atoms with E-state index in [2.05, 4.69) is 22.2 Å². The zero-order chi connectivity index (χ0) is 10.4. The van der Waals surface area contributed by atoms with E-state index in [1.54, 1.807) is 11.3 Å². The molecule has 3 aromatic rings. The summed E-state index contributed by atoms with van der Waals surface area (Å²) in [6, 6.07) is 0. The monoisotopic (exact) mass is 218 g/mol. The van der Waals surface area contributed by atoms with Crippen LogP contribution in [0.4, 0.5) is 0 Å². The molecule has 0 bridgehead atoms. The molecule has 0 radical (unpaired) electrons. The molecule has 15 heavy (non-hydrogen) atoms. The van der Waals surface area contributed by atoms with Crippen LogP contribution >= 0.6 is 11.3 Å². The van der Waals surface area contributed by atoms with Crippen LogP contribution in [0.15, 0.2) is 18.6 Å². The predicted octanol–water partition coefficient (Wildman–Crippen LogP) is 2.40. The van der Waals surface area contributed by atoms with Gasteiger partial charge in [0.1, 0.15) is 4.83 Å². The van der Waals surface area contributed by atoms with Gasteiger partial charge in [-0.25, -0.2) is 4.52 Å². The Morgan fingerprint density at radius 2 is 2.20 bits per heavy atom. The first kappa shape index (κ1) is 8.67. The Labute approximate surface area is 90.6 Å². The number of aryl methyl sites for hydroxylation is 2. The van der Waals surface area contributed by atoms with Crippen molar-refractivity contribution in [2.75, 3.05) is 0 Å². The van der Waals surface area contributed by atoms with Gasteiger partial charge in [0.25, 0.3) is 0 Å². The van der Waals surface area contributed by atoms with Gasteiger partial charge in [0.15, 0.2) is 0 Å². The third-order valence-electron chi connectivity index (χ3n) is 2.46. The Hall–Kier alpha value is -1.62. The van der Waals surface area contributed by atoms with E-state index >= 15 is 0 Å². The number of thiazole rings is 1. The Morgan fingerprint density at radius 3 is 2.87 bits per heavy atom. The van der Waals surface area contributed by atoms with Crippen LogP contribution in [-0.4, -0.2) is 19.8 Å². The molecule has 76 valence electrons. The second-order valence-corrected chi connectivity index (χ2v) is 4.61. The molecule has 0 fully saturated rings. The number of nitrogens with zero attached hydrogens (tertiary/aromatic N) is 3. The number of nitrogens with one attached hydrogen (secondary N) is 1. The lowest BCUT2D eigenvalue weighted by molar-refractivity contribution is 0.978. The fraction of sp³-hybridized carbons (Fsp3) is 0.200. The van der Waals surface area contributed by atoms with E-state index in [0.29, 0.717) is 0 Å². The normalized spacial score (nSPS) is 11.3. The molecule has 5 heteroatoms. The van der Waals surface area contributed by atoms with Crippen molar-refractivity contribution in [2.24, 2.45) is 0 Å². The standard InChI is InChI=1S/C10H10N4S/c1-6-3-12-14-5-9(15-10(6)14)8-4-11-13-7(8)2/h3-5H,1-2H3,(H,11,13). The van der Waals surface area contributed by atoms with Gasteiger partial charge in [-0.2, -0.15) is 10.2 Å². The zero-order valence-corrected chi connectivity index (χ0v) is 9.30. The molecular weight excluding hydrogens is 208 g/mol. The van der Waals surface area contributed by atoms with Gasteiger partial charge >= 0.3 is 0 Å². The van der Waals surface area contributed by atoms with Gasteiger partial charge in [-0.3, -0.25) is 5.10 Å². The van der Waals surface area contributed by atoms with Crippen molar-refractivity contribution >= 4 is 16.2 Å². The summed E-state index contributed by atoms with van der Waals surface area (Å²) in [5.41, 5.74) is 3.47. The third-order valence-corrected chi connectivity index (χ3v) is 3.71. The molecule has 0 unspecified atom stereocenters. The summed E-state index contributed by atoms with van der Waals surface area (Å²) in [7, 11) is 0. The Morgan fingerprint density at radius 1 is 1.33 bits per heavy atom. The van der Waals surface area contributed by atoms with Gasteiger partial charge in [-0.15, -0.1) is 11.3 Å². The summed E-state index contributed by atoms with van der Waals surface area (Å²) in [6.45, 7) is 4.10. The van der Waals surface area contributed by atoms with Crippen molar-refractivity contribution in [1.29, 1.82) is 0 Å². The molecular formula is C10H10N4S. The van der Waals surface area contributed by atoms with Gasteiger partial charge in [0, 0.05) is 23.0 Å². The van der Waals surface area contributed by atoms with Crippen molar-refractivity contribution in [1.82, 2.24) is 19.8 Å². The van der Waals surface area contributed by atoms with Gasteiger partial charge < -0.3 is 0 Å². The van der Waals surface area contributed by atoms with E-state index in [0.717, 1.165) is 11.3 Å². The number of fused-ring (bicyclic) bond motifs is 1. The van der Waals surface area contributed by atoms with E-state index in [4.69, 9.17) is 0 Å². The zero-order valence-electron chi connectivity index (χ0n) is 8.48. The highest BCUT2D eigenvalue weighted by molar-refractivity contribution is 7.20. The Bertz CT molecular complexity index is 616. The highest BCUT2D eigenvalue weighted by Crippen LogP contribution is 2.30. The van der Waals surface area contributed by atoms with Crippen LogP contribution in [0.1, 0.15) is 11.3 Å². The summed E-state index contributed by atoms with van der Waals surface area (Å²) in [6.07, 6.45) is 5.79. The smallest absolute Gasteiger partial charge is 0.122 e. The summed E-state index contributed by atoms with van der Waals surface area (Å²) < 4.78 is 1.92. The van der Waals surface area contributed by atoms with Crippen molar-refractivity contribution in [3.63, 3.8) is 0 Å². The van der Waals surface area contributed by atoms with Crippen LogP contribution in [0, 0.1) is 13.8 Å². The maximum absolute atomic E-state index is 4.27. The summed E-state index contributed by atoms with van der Waals surface area (Å²) >= 11 is 1.74. The minimum absolute atomic E-state index is 1.09. The average molecular weight is 218 g/mol. The van der Waals surface area contributed by atoms with E-state index in [-0.39, 0.29) is 0 Å². The minimum atomic E-state index is 1.09. The van der Waals surface area contributed by atoms with Gasteiger partial charge in [0.05, 0.1) is 17.3 Å². The third kappa shape index (κ3) is 1.20. The topological polar surface area (TPSA) is 46.0 Å².